The topological polar surface area (TPSA) is 74.3 Å². The second-order valence-electron chi connectivity index (χ2n) is 7.11. The lowest BCUT2D eigenvalue weighted by molar-refractivity contribution is -0.116. The molecule has 6 heteroatoms. The van der Waals surface area contributed by atoms with Crippen LogP contribution >= 0.6 is 0 Å². The van der Waals surface area contributed by atoms with Crippen LogP contribution < -0.4 is 0 Å². The number of benzene rings is 1. The first-order valence-electron chi connectivity index (χ1n) is 8.55. The van der Waals surface area contributed by atoms with Gasteiger partial charge in [-0.05, 0) is 56.6 Å². The van der Waals surface area contributed by atoms with Gasteiger partial charge in [-0.1, -0.05) is 38.0 Å². The second kappa shape index (κ2) is 11.0. The first kappa shape index (κ1) is 24.1. The molecule has 0 N–H and O–H groups in total. The smallest absolute Gasteiger partial charge is 0.181 e. The number of hydrogen-bond donors (Lipinski definition) is 0. The Morgan fingerprint density at radius 3 is 2.12 bits per heavy atom. The molecular formula is C19H32O4S2. The van der Waals surface area contributed by atoms with Gasteiger partial charge < -0.3 is 4.55 Å². The van der Waals surface area contributed by atoms with Crippen LogP contribution in [-0.4, -0.2) is 35.5 Å². The van der Waals surface area contributed by atoms with Gasteiger partial charge in [-0.2, -0.15) is 0 Å². The third-order valence-corrected chi connectivity index (χ3v) is 7.69. The van der Waals surface area contributed by atoms with Crippen molar-refractivity contribution in [2.24, 2.45) is 0 Å². The van der Waals surface area contributed by atoms with Crippen LogP contribution in [0, 0.1) is 6.92 Å². The molecule has 144 valence electrons. The molecule has 0 spiro atoms. The molecule has 0 aromatic heterocycles. The maximum atomic E-state index is 11.6. The summed E-state index contributed by atoms with van der Waals surface area (Å²) in [5, 5.41) is 0. The lowest BCUT2D eigenvalue weighted by Crippen LogP contribution is -2.32. The normalized spacial score (nSPS) is 12.9. The van der Waals surface area contributed by atoms with E-state index in [1.807, 2.05) is 0 Å². The van der Waals surface area contributed by atoms with Gasteiger partial charge >= 0.3 is 0 Å². The van der Waals surface area contributed by atoms with Crippen molar-refractivity contribution >= 4 is 26.8 Å². The Morgan fingerprint density at radius 2 is 1.72 bits per heavy atom. The van der Waals surface area contributed by atoms with Crippen molar-refractivity contribution in [3.63, 3.8) is 0 Å². The Morgan fingerprint density at radius 1 is 1.16 bits per heavy atom. The highest BCUT2D eigenvalue weighted by Crippen LogP contribution is 2.17. The summed E-state index contributed by atoms with van der Waals surface area (Å²) < 4.78 is 31.8. The van der Waals surface area contributed by atoms with Crippen LogP contribution in [0.2, 0.25) is 0 Å². The molecule has 1 atom stereocenters. The van der Waals surface area contributed by atoms with Crippen LogP contribution in [0.4, 0.5) is 0 Å². The molecule has 25 heavy (non-hydrogen) atoms. The monoisotopic (exact) mass is 388 g/mol. The Labute approximate surface area is 156 Å². The summed E-state index contributed by atoms with van der Waals surface area (Å²) in [4.78, 5) is 11.4. The number of unbranched alkanes of at least 4 members (excludes halogenated alkanes) is 2. The largest absolute Gasteiger partial charge is 0.744 e. The zero-order valence-electron chi connectivity index (χ0n) is 16.3. The molecule has 1 aromatic carbocycles. The van der Waals surface area contributed by atoms with E-state index in [0.29, 0.717) is 16.1 Å². The van der Waals surface area contributed by atoms with Crippen molar-refractivity contribution < 1.29 is 17.8 Å². The first-order valence-corrected chi connectivity index (χ1v) is 11.8. The standard InChI is InChI=1S/C12H25OS.C7H8O3S/c1-6-7-8-9-11(13)10-14(5)12(2,3)4;1-6-4-2-3-5-7(6)11(8,9)10/h6-10H2,1-5H3;2-5H,1H3,(H,8,9,10)/q+1;/p-1. The molecule has 0 saturated carbocycles. The van der Waals surface area contributed by atoms with Crippen molar-refractivity contribution in [1.29, 1.82) is 0 Å². The Hall–Kier alpha value is -0.850. The fourth-order valence-electron chi connectivity index (χ4n) is 1.94. The average molecular weight is 389 g/mol. The molecule has 0 heterocycles. The van der Waals surface area contributed by atoms with Gasteiger partial charge in [0.05, 0.1) is 11.2 Å². The van der Waals surface area contributed by atoms with Gasteiger partial charge in [0, 0.05) is 6.42 Å². The molecular weight excluding hydrogens is 356 g/mol. The van der Waals surface area contributed by atoms with Gasteiger partial charge in [0.25, 0.3) is 0 Å². The zero-order chi connectivity index (χ0) is 19.7. The summed E-state index contributed by atoms with van der Waals surface area (Å²) in [7, 11) is -4.06. The van der Waals surface area contributed by atoms with Crippen molar-refractivity contribution in [1.82, 2.24) is 0 Å². The number of Topliss-reactive ketones (excluding diaryl/α,β-unsaturated/α-hetero) is 1. The van der Waals surface area contributed by atoms with Crippen LogP contribution in [0.3, 0.4) is 0 Å². The molecule has 1 rings (SSSR count). The number of rotatable bonds is 7. The molecule has 0 bridgehead atoms. The van der Waals surface area contributed by atoms with E-state index in [-0.39, 0.29) is 15.8 Å². The Bertz CT molecular complexity index is 631. The number of hydrogen-bond acceptors (Lipinski definition) is 4. The van der Waals surface area contributed by atoms with Crippen LogP contribution in [0.1, 0.15) is 58.9 Å². The van der Waals surface area contributed by atoms with E-state index in [1.54, 1.807) is 19.1 Å². The molecule has 0 amide bonds. The van der Waals surface area contributed by atoms with Gasteiger partial charge in [0.1, 0.15) is 14.9 Å². The zero-order valence-corrected chi connectivity index (χ0v) is 17.9. The van der Waals surface area contributed by atoms with E-state index in [1.165, 1.54) is 25.0 Å². The van der Waals surface area contributed by atoms with E-state index < -0.39 is 10.1 Å². The van der Waals surface area contributed by atoms with Crippen molar-refractivity contribution in [2.45, 2.75) is 69.9 Å². The molecule has 0 fully saturated rings. The Balaban J connectivity index is 0.000000472. The van der Waals surface area contributed by atoms with Gasteiger partial charge in [-0.15, -0.1) is 0 Å². The van der Waals surface area contributed by atoms with Crippen molar-refractivity contribution in [3.8, 4) is 0 Å². The van der Waals surface area contributed by atoms with Gasteiger partial charge in [-0.3, -0.25) is 4.79 Å². The SMILES string of the molecule is CCCCCC(=O)C[S+](C)C(C)(C)C.Cc1ccccc1S(=O)(=O)[O-]. The number of aryl methyl sites for hydroxylation is 1. The fourth-order valence-corrected chi connectivity index (χ4v) is 3.71. The van der Waals surface area contributed by atoms with Gasteiger partial charge in [0.15, 0.2) is 11.5 Å². The predicted molar refractivity (Wildman–Crippen MR) is 106 cm³/mol. The van der Waals surface area contributed by atoms with Crippen LogP contribution in [-0.2, 0) is 25.8 Å². The molecule has 0 saturated heterocycles. The minimum atomic E-state index is -4.28. The van der Waals surface area contributed by atoms with Crippen LogP contribution in [0.25, 0.3) is 0 Å². The highest BCUT2D eigenvalue weighted by Gasteiger charge is 2.31. The van der Waals surface area contributed by atoms with Crippen molar-refractivity contribution in [2.75, 3.05) is 12.0 Å². The predicted octanol–water partition coefficient (Wildman–Crippen LogP) is 4.08. The van der Waals surface area contributed by atoms with E-state index in [9.17, 15) is 17.8 Å². The minimum Gasteiger partial charge on any atom is -0.744 e. The summed E-state index contributed by atoms with van der Waals surface area (Å²) in [6.45, 7) is 10.4. The molecule has 0 aliphatic carbocycles. The minimum absolute atomic E-state index is 0.139. The van der Waals surface area contributed by atoms with Crippen LogP contribution in [0.5, 0.6) is 0 Å². The third kappa shape index (κ3) is 10.7. The summed E-state index contributed by atoms with van der Waals surface area (Å²) in [5.74, 6) is 1.24. The molecule has 1 unspecified atom stereocenters. The fraction of sp³-hybridized carbons (Fsp3) is 0.632. The highest BCUT2D eigenvalue weighted by atomic mass is 32.2. The highest BCUT2D eigenvalue weighted by molar-refractivity contribution is 7.98. The number of carbonyl (C=O) groups excluding carboxylic acids is 1. The van der Waals surface area contributed by atoms with Gasteiger partial charge in [-0.25, -0.2) is 8.42 Å². The maximum absolute atomic E-state index is 11.6. The molecule has 0 radical (unpaired) electrons. The summed E-state index contributed by atoms with van der Waals surface area (Å²) in [6.07, 6.45) is 6.47. The van der Waals surface area contributed by atoms with E-state index in [4.69, 9.17) is 0 Å². The number of ketones is 1. The lowest BCUT2D eigenvalue weighted by Gasteiger charge is -2.17. The van der Waals surface area contributed by atoms with E-state index >= 15 is 0 Å². The van der Waals surface area contributed by atoms with E-state index in [0.717, 1.165) is 18.6 Å². The Kier molecular flexibility index (Phi) is 10.6. The molecule has 4 nitrogen and oxygen atoms in total. The van der Waals surface area contributed by atoms with Gasteiger partial charge in [0.2, 0.25) is 0 Å². The maximum Gasteiger partial charge on any atom is 0.181 e. The second-order valence-corrected chi connectivity index (χ2v) is 11.2. The number of carbonyl (C=O) groups is 1. The van der Waals surface area contributed by atoms with Crippen LogP contribution in [0.15, 0.2) is 29.2 Å². The summed E-state index contributed by atoms with van der Waals surface area (Å²) in [6, 6.07) is 6.10. The average Bonchev–Trinajstić information content (AvgIpc) is 2.46. The molecule has 1 aromatic rings. The van der Waals surface area contributed by atoms with E-state index in [2.05, 4.69) is 34.0 Å². The summed E-state index contributed by atoms with van der Waals surface area (Å²) in [5.41, 5.74) is 0.488. The summed E-state index contributed by atoms with van der Waals surface area (Å²) >= 11 is 0. The molecule has 0 aliphatic heterocycles. The first-order chi connectivity index (χ1) is 11.4. The molecule has 0 aliphatic rings. The third-order valence-electron chi connectivity index (χ3n) is 3.84. The quantitative estimate of drug-likeness (QED) is 0.401. The van der Waals surface area contributed by atoms with Crippen molar-refractivity contribution in [3.05, 3.63) is 29.8 Å². The lowest BCUT2D eigenvalue weighted by atomic mass is 10.2.